The number of carbonyl (C=O) groups excluding carboxylic acids is 4. The molecule has 2 fully saturated rings. The molecule has 3 aliphatic rings. The van der Waals surface area contributed by atoms with E-state index < -0.39 is 29.2 Å². The summed E-state index contributed by atoms with van der Waals surface area (Å²) in [5.41, 5.74) is 6.23. The number of β-lactam (4-membered cyclic amide) rings is 1. The van der Waals surface area contributed by atoms with E-state index >= 15 is 0 Å². The van der Waals surface area contributed by atoms with Gasteiger partial charge in [0.1, 0.15) is 24.1 Å². The third kappa shape index (κ3) is 5.02. The second-order valence-corrected chi connectivity index (χ2v) is 11.6. The minimum absolute atomic E-state index is 0.0275. The Hall–Kier alpha value is -4.58. The maximum atomic E-state index is 13.3. The van der Waals surface area contributed by atoms with E-state index in [1.165, 1.54) is 16.3 Å². The van der Waals surface area contributed by atoms with Gasteiger partial charge in [0.15, 0.2) is 11.3 Å². The molecule has 3 aromatic rings. The van der Waals surface area contributed by atoms with Crippen LogP contribution in [-0.4, -0.2) is 77.0 Å². The van der Waals surface area contributed by atoms with E-state index in [1.807, 2.05) is 0 Å². The number of oxime groups is 1. The van der Waals surface area contributed by atoms with Crippen molar-refractivity contribution >= 4 is 69.8 Å². The molecule has 1 aliphatic carbocycles. The van der Waals surface area contributed by atoms with Crippen molar-refractivity contribution < 1.29 is 33.7 Å². The van der Waals surface area contributed by atoms with Crippen LogP contribution < -0.4 is 26.0 Å². The summed E-state index contributed by atoms with van der Waals surface area (Å²) in [6.07, 6.45) is 7.15. The Morgan fingerprint density at radius 2 is 2.14 bits per heavy atom. The lowest BCUT2D eigenvalue weighted by Crippen LogP contribution is -2.71. The predicted octanol–water partition coefficient (Wildman–Crippen LogP) is -1.61. The first kappa shape index (κ1) is 27.6. The monoisotopic (exact) mass is 612 g/mol. The van der Waals surface area contributed by atoms with Crippen molar-refractivity contribution in [3.63, 3.8) is 0 Å². The van der Waals surface area contributed by atoms with E-state index in [2.05, 4.69) is 30.2 Å². The molecule has 3 aromatic heterocycles. The summed E-state index contributed by atoms with van der Waals surface area (Å²) in [6, 6.07) is 2.43. The molecule has 42 heavy (non-hydrogen) atoms. The molecular formula is C24H24N10O6S2. The number of amides is 3. The first-order valence-electron chi connectivity index (χ1n) is 12.9. The maximum Gasteiger partial charge on any atom is 0.309 e. The van der Waals surface area contributed by atoms with Crippen molar-refractivity contribution in [2.75, 3.05) is 16.8 Å². The van der Waals surface area contributed by atoms with Gasteiger partial charge >= 0.3 is 5.65 Å². The Balaban J connectivity index is 1.23. The van der Waals surface area contributed by atoms with E-state index in [0.717, 1.165) is 42.1 Å². The quantitative estimate of drug-likeness (QED) is 0.0779. The van der Waals surface area contributed by atoms with Crippen molar-refractivity contribution in [3.05, 3.63) is 41.6 Å². The van der Waals surface area contributed by atoms with Crippen LogP contribution in [0.15, 0.2) is 41.0 Å². The van der Waals surface area contributed by atoms with Crippen LogP contribution in [0.1, 0.15) is 31.5 Å². The van der Waals surface area contributed by atoms with Crippen molar-refractivity contribution in [3.8, 4) is 0 Å². The molecule has 0 radical (unpaired) electrons. The van der Waals surface area contributed by atoms with Crippen molar-refractivity contribution in [1.29, 1.82) is 0 Å². The Morgan fingerprint density at radius 1 is 1.33 bits per heavy atom. The molecule has 218 valence electrons. The van der Waals surface area contributed by atoms with Crippen LogP contribution in [0, 0.1) is 0 Å². The number of thioether (sulfide) groups is 1. The molecule has 1 saturated heterocycles. The number of anilines is 2. The van der Waals surface area contributed by atoms with Gasteiger partial charge in [-0.3, -0.25) is 24.6 Å². The van der Waals surface area contributed by atoms with Crippen molar-refractivity contribution in [2.45, 2.75) is 49.7 Å². The number of carboxylic acids is 1. The van der Waals surface area contributed by atoms with Gasteiger partial charge in [-0.25, -0.2) is 4.57 Å². The molecule has 4 N–H and O–H groups in total. The number of nitrogens with one attached hydrogen (secondary N) is 2. The zero-order valence-corrected chi connectivity index (χ0v) is 23.5. The fourth-order valence-electron chi connectivity index (χ4n) is 5.17. The van der Waals surface area contributed by atoms with Gasteiger partial charge in [-0.05, 0) is 31.7 Å². The normalized spacial score (nSPS) is 20.8. The van der Waals surface area contributed by atoms with Crippen LogP contribution in [0.5, 0.6) is 0 Å². The summed E-state index contributed by atoms with van der Waals surface area (Å²) >= 11 is 2.19. The van der Waals surface area contributed by atoms with E-state index in [9.17, 15) is 24.3 Å². The first-order valence-corrected chi connectivity index (χ1v) is 14.8. The molecule has 0 spiro atoms. The second-order valence-electron chi connectivity index (χ2n) is 9.71. The molecule has 3 amide bonds. The van der Waals surface area contributed by atoms with Crippen LogP contribution in [0.3, 0.4) is 0 Å². The number of aliphatic carboxylic acids is 1. The standard InChI is InChI=1S/C24H24N10O6S2/c25-24-29-19(31-42-24)16(30-40-13-4-1-2-5-13)20(36)28-17-21(37)33-18(23(38)39)12(10-41-22(17)33)8-32-9-14(26-11-35)34-15(32)6-3-7-27-34/h3,6-7,9,11,13,17,22H,1-2,4-5,8,10H2,(H4-,25,26,27,28,29,31,35,36,38,39)/b30-16-/t17-,22-/m1/s1. The third-order valence-electron chi connectivity index (χ3n) is 7.09. The lowest BCUT2D eigenvalue weighted by atomic mass is 10.0. The van der Waals surface area contributed by atoms with Crippen LogP contribution >= 0.6 is 23.3 Å². The summed E-state index contributed by atoms with van der Waals surface area (Å²) in [7, 11) is 0. The molecule has 2 aliphatic heterocycles. The Bertz CT molecular complexity index is 1650. The number of hydrogen-bond acceptors (Lipinski definition) is 13. The highest BCUT2D eigenvalue weighted by atomic mass is 32.2. The number of nitrogens with zero attached hydrogens (tertiary/aromatic N) is 7. The second kappa shape index (κ2) is 11.4. The minimum atomic E-state index is -1.52. The van der Waals surface area contributed by atoms with Crippen LogP contribution in [-0.2, 0) is 30.6 Å². The van der Waals surface area contributed by atoms with E-state index in [4.69, 9.17) is 10.6 Å². The van der Waals surface area contributed by atoms with Crippen LogP contribution in [0.2, 0.25) is 0 Å². The predicted molar refractivity (Wildman–Crippen MR) is 146 cm³/mol. The van der Waals surface area contributed by atoms with Gasteiger partial charge in [-0.2, -0.15) is 9.36 Å². The van der Waals surface area contributed by atoms with Gasteiger partial charge in [0.2, 0.25) is 17.9 Å². The molecule has 16 nitrogen and oxygen atoms in total. The van der Waals surface area contributed by atoms with Crippen molar-refractivity contribution in [2.24, 2.45) is 5.16 Å². The summed E-state index contributed by atoms with van der Waals surface area (Å²) in [6.45, 7) is 0.0891. The highest BCUT2D eigenvalue weighted by molar-refractivity contribution is 8.00. The highest BCUT2D eigenvalue weighted by Gasteiger charge is 2.53. The number of fused-ring (bicyclic) bond motifs is 2. The number of carboxylic acid groups (broad SMARTS) is 1. The van der Waals surface area contributed by atoms with E-state index in [1.54, 1.807) is 29.1 Å². The van der Waals surface area contributed by atoms with Crippen molar-refractivity contribution in [1.82, 2.24) is 29.2 Å². The highest BCUT2D eigenvalue weighted by Crippen LogP contribution is 2.40. The maximum absolute atomic E-state index is 13.3. The molecule has 0 unspecified atom stereocenters. The zero-order chi connectivity index (χ0) is 29.4. The molecule has 2 atom stereocenters. The fourth-order valence-corrected chi connectivity index (χ4v) is 6.94. The lowest BCUT2D eigenvalue weighted by molar-refractivity contribution is -0.662. The molecule has 1 saturated carbocycles. The molecule has 0 aromatic carbocycles. The van der Waals surface area contributed by atoms with E-state index in [0.29, 0.717) is 23.4 Å². The number of nitrogen functional groups attached to an aromatic ring is 1. The van der Waals surface area contributed by atoms with Gasteiger partial charge in [0.25, 0.3) is 17.6 Å². The largest absolute Gasteiger partial charge is 0.543 e. The number of hydrogen-bond donors (Lipinski definition) is 3. The van der Waals surface area contributed by atoms with Gasteiger partial charge in [-0.15, -0.1) is 11.8 Å². The number of aromatic nitrogens is 5. The van der Waals surface area contributed by atoms with Crippen LogP contribution in [0.4, 0.5) is 10.9 Å². The van der Waals surface area contributed by atoms with Gasteiger partial charge in [-0.1, -0.05) is 14.8 Å². The molecule has 18 heteroatoms. The topological polar surface area (TPSA) is 213 Å². The number of rotatable bonds is 10. The number of imidazole rings is 1. The molecule has 5 heterocycles. The summed E-state index contributed by atoms with van der Waals surface area (Å²) in [5.74, 6) is -2.28. The summed E-state index contributed by atoms with van der Waals surface area (Å²) in [5, 5.41) is 25.2. The Kier molecular flexibility index (Phi) is 7.46. The smallest absolute Gasteiger partial charge is 0.309 e. The zero-order valence-electron chi connectivity index (χ0n) is 21.8. The lowest BCUT2D eigenvalue weighted by Gasteiger charge is -2.50. The molecule has 6 rings (SSSR count). The van der Waals surface area contributed by atoms with Gasteiger partial charge in [0.05, 0.1) is 17.9 Å². The van der Waals surface area contributed by atoms with E-state index in [-0.39, 0.29) is 40.8 Å². The Morgan fingerprint density at radius 3 is 2.86 bits per heavy atom. The van der Waals surface area contributed by atoms with Gasteiger partial charge < -0.3 is 25.8 Å². The average molecular weight is 613 g/mol. The third-order valence-corrected chi connectivity index (χ3v) is 8.97. The number of carbonyl (C=O) groups is 4. The van der Waals surface area contributed by atoms with Crippen LogP contribution in [0.25, 0.3) is 5.65 Å². The summed E-state index contributed by atoms with van der Waals surface area (Å²) < 4.78 is 7.26. The fraction of sp³-hybridized carbons (Fsp3) is 0.375. The van der Waals surface area contributed by atoms with Gasteiger partial charge in [0, 0.05) is 28.9 Å². The summed E-state index contributed by atoms with van der Waals surface area (Å²) in [4.78, 5) is 60.6. The minimum Gasteiger partial charge on any atom is -0.543 e. The molecular weight excluding hydrogens is 588 g/mol. The first-order chi connectivity index (χ1) is 20.4. The average Bonchev–Trinajstić information content (AvgIpc) is 3.73. The molecule has 0 bridgehead atoms. The Labute approximate surface area is 245 Å². The SMILES string of the molecule is Nc1nc(/C(=N/OC2CCCC2)C(=O)N[C@@H]2C(=O)N3C(C(=O)[O-])=C(C[n+]4cc(NC=O)n5ncccc54)CS[C@H]23)ns1. The number of nitrogens with two attached hydrogens (primary N) is 1.